The summed E-state index contributed by atoms with van der Waals surface area (Å²) in [6.07, 6.45) is 1.58. The minimum absolute atomic E-state index is 0.0192. The van der Waals surface area contributed by atoms with Gasteiger partial charge in [-0.25, -0.2) is 9.78 Å². The van der Waals surface area contributed by atoms with Crippen molar-refractivity contribution in [2.45, 2.75) is 17.2 Å². The van der Waals surface area contributed by atoms with Crippen LogP contribution in [0.5, 0.6) is 0 Å². The molecule has 0 saturated carbocycles. The molecular formula is C12H12N2O3S. The van der Waals surface area contributed by atoms with Gasteiger partial charge in [-0.1, -0.05) is 11.8 Å². The lowest BCUT2D eigenvalue weighted by Crippen LogP contribution is -1.93. The van der Waals surface area contributed by atoms with Gasteiger partial charge in [0.15, 0.2) is 0 Å². The molecule has 2 heterocycles. The van der Waals surface area contributed by atoms with Gasteiger partial charge < -0.3 is 15.3 Å². The van der Waals surface area contributed by atoms with Gasteiger partial charge in [-0.15, -0.1) is 0 Å². The van der Waals surface area contributed by atoms with Crippen LogP contribution in [0.15, 0.2) is 39.9 Å². The molecule has 3 N–H and O–H groups in total. The van der Waals surface area contributed by atoms with Crippen LogP contribution in [-0.4, -0.2) is 16.1 Å². The number of furan rings is 1. The molecule has 5 nitrogen and oxygen atoms in total. The summed E-state index contributed by atoms with van der Waals surface area (Å²) < 4.78 is 5.23. The van der Waals surface area contributed by atoms with Gasteiger partial charge in [-0.2, -0.15) is 0 Å². The molecule has 0 aliphatic heterocycles. The van der Waals surface area contributed by atoms with E-state index in [1.165, 1.54) is 17.8 Å². The van der Waals surface area contributed by atoms with Crippen LogP contribution in [0.4, 0.5) is 5.69 Å². The minimum atomic E-state index is -1.07. The Morgan fingerprint density at radius 1 is 1.44 bits per heavy atom. The fraction of sp³-hybridized carbons (Fsp3) is 0.167. The number of hydrogen-bond donors (Lipinski definition) is 2. The summed E-state index contributed by atoms with van der Waals surface area (Å²) in [5.41, 5.74) is 6.16. The van der Waals surface area contributed by atoms with Gasteiger partial charge in [0.2, 0.25) is 5.76 Å². The van der Waals surface area contributed by atoms with Crippen molar-refractivity contribution < 1.29 is 14.3 Å². The number of thioether (sulfide) groups is 1. The van der Waals surface area contributed by atoms with E-state index < -0.39 is 5.97 Å². The second-order valence-corrected chi connectivity index (χ2v) is 5.06. The van der Waals surface area contributed by atoms with E-state index in [0.717, 1.165) is 5.03 Å². The number of nitrogens with two attached hydrogens (primary N) is 1. The maximum atomic E-state index is 10.7. The van der Waals surface area contributed by atoms with Crippen LogP contribution >= 0.6 is 11.8 Å². The Morgan fingerprint density at radius 3 is 2.78 bits per heavy atom. The summed E-state index contributed by atoms with van der Waals surface area (Å²) in [6, 6.07) is 6.70. The number of nitrogen functional groups attached to an aromatic ring is 1. The van der Waals surface area contributed by atoms with Crippen molar-refractivity contribution in [3.8, 4) is 0 Å². The third kappa shape index (κ3) is 2.84. The lowest BCUT2D eigenvalue weighted by atomic mass is 10.3. The monoisotopic (exact) mass is 264 g/mol. The average Bonchev–Trinajstić information content (AvgIpc) is 2.81. The van der Waals surface area contributed by atoms with Gasteiger partial charge in [0.05, 0.1) is 22.2 Å². The smallest absolute Gasteiger partial charge is 0.371 e. The topological polar surface area (TPSA) is 89.3 Å². The molecule has 0 amide bonds. The molecule has 18 heavy (non-hydrogen) atoms. The standard InChI is InChI=1S/C12H12N2O3S/c1-7(9-3-4-10(17-9)12(15)16)18-11-5-2-8(13)6-14-11/h2-7H,13H2,1H3,(H,15,16). The number of aromatic nitrogens is 1. The number of carboxylic acids is 1. The van der Waals surface area contributed by atoms with Gasteiger partial charge in [-0.3, -0.25) is 0 Å². The lowest BCUT2D eigenvalue weighted by Gasteiger charge is -2.07. The molecule has 0 spiro atoms. The zero-order chi connectivity index (χ0) is 13.1. The number of carboxylic acid groups (broad SMARTS) is 1. The third-order valence-corrected chi connectivity index (χ3v) is 3.36. The van der Waals surface area contributed by atoms with Crippen molar-refractivity contribution in [2.75, 3.05) is 5.73 Å². The normalized spacial score (nSPS) is 12.3. The van der Waals surface area contributed by atoms with E-state index in [9.17, 15) is 4.79 Å². The molecule has 0 bridgehead atoms. The Kier molecular flexibility index (Phi) is 3.57. The average molecular weight is 264 g/mol. The summed E-state index contributed by atoms with van der Waals surface area (Å²) in [7, 11) is 0. The minimum Gasteiger partial charge on any atom is -0.475 e. The number of nitrogens with zero attached hydrogens (tertiary/aromatic N) is 1. The Balaban J connectivity index is 2.09. The van der Waals surface area contributed by atoms with Crippen molar-refractivity contribution in [1.29, 1.82) is 0 Å². The van der Waals surface area contributed by atoms with Crippen LogP contribution in [0.1, 0.15) is 28.5 Å². The molecule has 0 saturated heterocycles. The predicted octanol–water partition coefficient (Wildman–Crippen LogP) is 2.81. The van der Waals surface area contributed by atoms with Crippen LogP contribution in [0, 0.1) is 0 Å². The summed E-state index contributed by atoms with van der Waals surface area (Å²) in [5, 5.41) is 9.56. The Hall–Kier alpha value is -1.95. The fourth-order valence-electron chi connectivity index (χ4n) is 1.39. The molecule has 1 atom stereocenters. The summed E-state index contributed by atoms with van der Waals surface area (Å²) in [4.78, 5) is 14.9. The van der Waals surface area contributed by atoms with E-state index in [1.54, 1.807) is 18.3 Å². The van der Waals surface area contributed by atoms with E-state index in [2.05, 4.69) is 4.98 Å². The quantitative estimate of drug-likeness (QED) is 0.825. The van der Waals surface area contributed by atoms with Crippen molar-refractivity contribution in [3.63, 3.8) is 0 Å². The Labute approximate surface area is 108 Å². The van der Waals surface area contributed by atoms with E-state index >= 15 is 0 Å². The molecule has 2 aromatic rings. The van der Waals surface area contributed by atoms with E-state index in [4.69, 9.17) is 15.3 Å². The SMILES string of the molecule is CC(Sc1ccc(N)cn1)c1ccc(C(=O)O)o1. The van der Waals surface area contributed by atoms with E-state index in [0.29, 0.717) is 11.4 Å². The van der Waals surface area contributed by atoms with Gasteiger partial charge in [0, 0.05) is 0 Å². The molecule has 0 aliphatic rings. The highest BCUT2D eigenvalue weighted by Crippen LogP contribution is 2.34. The van der Waals surface area contributed by atoms with E-state index in [-0.39, 0.29) is 11.0 Å². The number of aromatic carboxylic acids is 1. The van der Waals surface area contributed by atoms with Crippen molar-refractivity contribution >= 4 is 23.4 Å². The van der Waals surface area contributed by atoms with Gasteiger partial charge in [0.1, 0.15) is 5.76 Å². The highest BCUT2D eigenvalue weighted by Gasteiger charge is 2.15. The van der Waals surface area contributed by atoms with Crippen LogP contribution in [0.25, 0.3) is 0 Å². The molecule has 6 heteroatoms. The maximum Gasteiger partial charge on any atom is 0.371 e. The van der Waals surface area contributed by atoms with Crippen molar-refractivity contribution in [2.24, 2.45) is 0 Å². The summed E-state index contributed by atoms with van der Waals surface area (Å²) >= 11 is 1.48. The Morgan fingerprint density at radius 2 is 2.22 bits per heavy atom. The number of hydrogen-bond acceptors (Lipinski definition) is 5. The van der Waals surface area contributed by atoms with Gasteiger partial charge in [-0.05, 0) is 31.2 Å². The van der Waals surface area contributed by atoms with Crippen LogP contribution in [0.3, 0.4) is 0 Å². The first kappa shape index (κ1) is 12.5. The van der Waals surface area contributed by atoms with Crippen LogP contribution < -0.4 is 5.73 Å². The van der Waals surface area contributed by atoms with Gasteiger partial charge >= 0.3 is 5.97 Å². The van der Waals surface area contributed by atoms with Crippen molar-refractivity contribution in [3.05, 3.63) is 42.0 Å². The van der Waals surface area contributed by atoms with Gasteiger partial charge in [0.25, 0.3) is 0 Å². The second-order valence-electron chi connectivity index (χ2n) is 3.70. The highest BCUT2D eigenvalue weighted by molar-refractivity contribution is 7.99. The first-order valence-corrected chi connectivity index (χ1v) is 6.15. The number of carbonyl (C=O) groups is 1. The zero-order valence-corrected chi connectivity index (χ0v) is 10.5. The second kappa shape index (κ2) is 5.14. The predicted molar refractivity (Wildman–Crippen MR) is 68.6 cm³/mol. The van der Waals surface area contributed by atoms with Crippen LogP contribution in [0.2, 0.25) is 0 Å². The first-order valence-electron chi connectivity index (χ1n) is 5.27. The molecule has 0 aromatic carbocycles. The highest BCUT2D eigenvalue weighted by atomic mass is 32.2. The third-order valence-electron chi connectivity index (χ3n) is 2.29. The molecule has 0 fully saturated rings. The summed E-state index contributed by atoms with van der Waals surface area (Å²) in [6.45, 7) is 1.92. The van der Waals surface area contributed by atoms with Crippen LogP contribution in [-0.2, 0) is 0 Å². The first-order chi connectivity index (χ1) is 8.56. The molecule has 0 radical (unpaired) electrons. The number of anilines is 1. The lowest BCUT2D eigenvalue weighted by molar-refractivity contribution is 0.0660. The molecule has 2 aromatic heterocycles. The Bertz CT molecular complexity index is 551. The fourth-order valence-corrected chi connectivity index (χ4v) is 2.25. The zero-order valence-electron chi connectivity index (χ0n) is 9.66. The van der Waals surface area contributed by atoms with E-state index in [1.807, 2.05) is 13.0 Å². The molecule has 1 unspecified atom stereocenters. The molecule has 2 rings (SSSR count). The largest absolute Gasteiger partial charge is 0.475 e. The number of pyridine rings is 1. The molecule has 94 valence electrons. The molecule has 0 aliphatic carbocycles. The maximum absolute atomic E-state index is 10.7. The van der Waals surface area contributed by atoms with Crippen molar-refractivity contribution in [1.82, 2.24) is 4.98 Å². The molecular weight excluding hydrogens is 252 g/mol. The summed E-state index contributed by atoms with van der Waals surface area (Å²) in [5.74, 6) is -0.511. The number of rotatable bonds is 4.